The average Bonchev–Trinajstić information content (AvgIpc) is 2.24. The molecule has 0 amide bonds. The van der Waals surface area contributed by atoms with Crippen LogP contribution in [-0.4, -0.2) is 27.4 Å². The van der Waals surface area contributed by atoms with E-state index in [9.17, 15) is 9.32 Å². The van der Waals surface area contributed by atoms with E-state index in [0.717, 1.165) is 5.56 Å². The number of para-hydroxylation sites is 1. The lowest BCUT2D eigenvalue weighted by Gasteiger charge is -2.11. The highest BCUT2D eigenvalue weighted by Gasteiger charge is 2.07. The van der Waals surface area contributed by atoms with Crippen LogP contribution in [0.1, 0.15) is 12.5 Å². The number of hydrogen-bond donors (Lipinski definition) is 2. The monoisotopic (exact) mass is 261 g/mol. The first-order chi connectivity index (χ1) is 7.52. The standard InChI is InChI=1S/C11H16ClNO2S/c1-8(16(2)15)6-13-7-9-4-3-5-10(12)11(9)14/h3-5,8,13-14H,6-7H2,1-2H3. The summed E-state index contributed by atoms with van der Waals surface area (Å²) in [6.45, 7) is 3.09. The van der Waals surface area contributed by atoms with E-state index >= 15 is 0 Å². The van der Waals surface area contributed by atoms with Crippen LogP contribution in [0.4, 0.5) is 0 Å². The molecule has 0 saturated heterocycles. The molecule has 0 heterocycles. The molecule has 3 nitrogen and oxygen atoms in total. The van der Waals surface area contributed by atoms with Crippen LogP contribution in [0.2, 0.25) is 5.02 Å². The van der Waals surface area contributed by atoms with Crippen LogP contribution in [0.25, 0.3) is 0 Å². The molecular weight excluding hydrogens is 246 g/mol. The minimum Gasteiger partial charge on any atom is -0.506 e. The smallest absolute Gasteiger partial charge is 0.138 e. The fourth-order valence-corrected chi connectivity index (χ4v) is 1.78. The van der Waals surface area contributed by atoms with Crippen LogP contribution >= 0.6 is 11.6 Å². The van der Waals surface area contributed by atoms with Crippen molar-refractivity contribution in [3.63, 3.8) is 0 Å². The highest BCUT2D eigenvalue weighted by molar-refractivity contribution is 7.84. The summed E-state index contributed by atoms with van der Waals surface area (Å²) in [4.78, 5) is 0. The molecule has 2 unspecified atom stereocenters. The lowest BCUT2D eigenvalue weighted by molar-refractivity contribution is 0.465. The summed E-state index contributed by atoms with van der Waals surface area (Å²) in [5.74, 6) is 0.113. The van der Waals surface area contributed by atoms with Gasteiger partial charge in [0.25, 0.3) is 0 Å². The molecule has 0 spiro atoms. The zero-order valence-electron chi connectivity index (χ0n) is 9.37. The van der Waals surface area contributed by atoms with E-state index in [4.69, 9.17) is 11.6 Å². The number of benzene rings is 1. The van der Waals surface area contributed by atoms with Gasteiger partial charge < -0.3 is 10.4 Å². The molecule has 1 aromatic rings. The van der Waals surface area contributed by atoms with Crippen molar-refractivity contribution in [3.05, 3.63) is 28.8 Å². The van der Waals surface area contributed by atoms with Crippen molar-refractivity contribution in [2.45, 2.75) is 18.7 Å². The van der Waals surface area contributed by atoms with E-state index < -0.39 is 10.8 Å². The number of nitrogens with one attached hydrogen (secondary N) is 1. The third-order valence-corrected chi connectivity index (χ3v) is 3.99. The Morgan fingerprint density at radius 3 is 2.88 bits per heavy atom. The molecule has 5 heteroatoms. The molecule has 1 rings (SSSR count). The van der Waals surface area contributed by atoms with Gasteiger partial charge in [-0.2, -0.15) is 0 Å². The van der Waals surface area contributed by atoms with Crippen molar-refractivity contribution in [3.8, 4) is 5.75 Å². The third-order valence-electron chi connectivity index (χ3n) is 2.38. The molecule has 0 bridgehead atoms. The van der Waals surface area contributed by atoms with Gasteiger partial charge in [0.1, 0.15) is 5.75 Å². The van der Waals surface area contributed by atoms with Gasteiger partial charge in [-0.05, 0) is 13.0 Å². The Bertz CT molecular complexity index is 384. The summed E-state index contributed by atoms with van der Waals surface area (Å²) in [5.41, 5.74) is 0.751. The molecule has 2 atom stereocenters. The zero-order valence-corrected chi connectivity index (χ0v) is 10.9. The predicted octanol–water partition coefficient (Wildman–Crippen LogP) is 1.90. The highest BCUT2D eigenvalue weighted by Crippen LogP contribution is 2.26. The molecule has 1 aromatic carbocycles. The van der Waals surface area contributed by atoms with Gasteiger partial charge in [-0.1, -0.05) is 23.7 Å². The minimum atomic E-state index is -0.829. The van der Waals surface area contributed by atoms with Crippen molar-refractivity contribution in [1.29, 1.82) is 0 Å². The maximum absolute atomic E-state index is 11.1. The van der Waals surface area contributed by atoms with Crippen LogP contribution in [-0.2, 0) is 17.3 Å². The van der Waals surface area contributed by atoms with E-state index in [0.29, 0.717) is 18.1 Å². The first-order valence-electron chi connectivity index (χ1n) is 5.01. The number of aromatic hydroxyl groups is 1. The van der Waals surface area contributed by atoms with E-state index in [2.05, 4.69) is 5.32 Å². The first kappa shape index (κ1) is 13.5. The lowest BCUT2D eigenvalue weighted by atomic mass is 10.2. The van der Waals surface area contributed by atoms with Crippen LogP contribution < -0.4 is 5.32 Å². The summed E-state index contributed by atoms with van der Waals surface area (Å²) in [6, 6.07) is 5.24. The molecule has 0 aliphatic carbocycles. The van der Waals surface area contributed by atoms with Gasteiger partial charge in [0.15, 0.2) is 0 Å². The van der Waals surface area contributed by atoms with Gasteiger partial charge in [-0.3, -0.25) is 4.21 Å². The predicted molar refractivity (Wildman–Crippen MR) is 68.4 cm³/mol. The average molecular weight is 262 g/mol. The normalized spacial score (nSPS) is 14.7. The Kier molecular flexibility index (Phi) is 5.25. The summed E-state index contributed by atoms with van der Waals surface area (Å²) in [7, 11) is -0.829. The van der Waals surface area contributed by atoms with Gasteiger partial charge >= 0.3 is 0 Å². The summed E-state index contributed by atoms with van der Waals surface area (Å²) in [6.07, 6.45) is 1.68. The molecule has 2 N–H and O–H groups in total. The van der Waals surface area contributed by atoms with E-state index in [1.165, 1.54) is 0 Å². The van der Waals surface area contributed by atoms with Crippen molar-refractivity contribution in [2.75, 3.05) is 12.8 Å². The van der Waals surface area contributed by atoms with Crippen molar-refractivity contribution in [1.82, 2.24) is 5.32 Å². The van der Waals surface area contributed by atoms with Crippen LogP contribution in [0.15, 0.2) is 18.2 Å². The first-order valence-corrected chi connectivity index (χ1v) is 7.01. The minimum absolute atomic E-state index is 0.0985. The number of rotatable bonds is 5. The number of halogens is 1. The second-order valence-electron chi connectivity index (χ2n) is 3.69. The van der Waals surface area contributed by atoms with E-state index in [1.807, 2.05) is 13.0 Å². The molecule has 0 radical (unpaired) electrons. The van der Waals surface area contributed by atoms with Crippen molar-refractivity contribution in [2.24, 2.45) is 0 Å². The Labute approximate surface area is 103 Å². The van der Waals surface area contributed by atoms with Crippen molar-refractivity contribution >= 4 is 22.4 Å². The topological polar surface area (TPSA) is 49.3 Å². The Hall–Kier alpha value is -0.580. The van der Waals surface area contributed by atoms with Gasteiger partial charge in [0.05, 0.1) is 5.02 Å². The molecule has 0 saturated carbocycles. The van der Waals surface area contributed by atoms with Crippen LogP contribution in [0.5, 0.6) is 5.75 Å². The molecule has 0 fully saturated rings. The molecule has 16 heavy (non-hydrogen) atoms. The van der Waals surface area contributed by atoms with Gasteiger partial charge in [0.2, 0.25) is 0 Å². The van der Waals surface area contributed by atoms with Crippen LogP contribution in [0.3, 0.4) is 0 Å². The lowest BCUT2D eigenvalue weighted by Crippen LogP contribution is -2.27. The van der Waals surface area contributed by atoms with Gasteiger partial charge in [-0.25, -0.2) is 0 Å². The number of phenolic OH excluding ortho intramolecular Hbond substituents is 1. The molecule has 0 aromatic heterocycles. The van der Waals surface area contributed by atoms with Gasteiger partial charge in [-0.15, -0.1) is 0 Å². The van der Waals surface area contributed by atoms with E-state index in [-0.39, 0.29) is 11.0 Å². The van der Waals surface area contributed by atoms with Crippen LogP contribution in [0, 0.1) is 0 Å². The second kappa shape index (κ2) is 6.23. The zero-order chi connectivity index (χ0) is 12.1. The fraction of sp³-hybridized carbons (Fsp3) is 0.455. The Morgan fingerprint density at radius 1 is 1.56 bits per heavy atom. The van der Waals surface area contributed by atoms with E-state index in [1.54, 1.807) is 18.4 Å². The Balaban J connectivity index is 2.49. The second-order valence-corrected chi connectivity index (χ2v) is 5.90. The summed E-state index contributed by atoms with van der Waals surface area (Å²) in [5, 5.41) is 13.2. The SMILES string of the molecule is CC(CNCc1cccc(Cl)c1O)S(C)=O. The maximum Gasteiger partial charge on any atom is 0.138 e. The molecular formula is C11H16ClNO2S. The third kappa shape index (κ3) is 3.77. The van der Waals surface area contributed by atoms with Gasteiger partial charge in [0, 0.05) is 41.0 Å². The number of hydrogen-bond acceptors (Lipinski definition) is 3. The summed E-state index contributed by atoms with van der Waals surface area (Å²) < 4.78 is 11.1. The molecule has 90 valence electrons. The molecule has 0 aliphatic rings. The largest absolute Gasteiger partial charge is 0.506 e. The maximum atomic E-state index is 11.1. The number of phenols is 1. The quantitative estimate of drug-likeness (QED) is 0.851. The fourth-order valence-electron chi connectivity index (χ4n) is 1.23. The van der Waals surface area contributed by atoms with Crippen molar-refractivity contribution < 1.29 is 9.32 Å². The summed E-state index contributed by atoms with van der Waals surface area (Å²) >= 11 is 5.78. The molecule has 0 aliphatic heterocycles. The highest BCUT2D eigenvalue weighted by atomic mass is 35.5. The Morgan fingerprint density at radius 2 is 2.25 bits per heavy atom.